The maximum Gasteiger partial charge on any atom is 0.124 e. The third-order valence-electron chi connectivity index (χ3n) is 5.41. The first-order valence-corrected chi connectivity index (χ1v) is 9.81. The van der Waals surface area contributed by atoms with E-state index in [0.717, 1.165) is 12.3 Å². The van der Waals surface area contributed by atoms with Gasteiger partial charge < -0.3 is 10.1 Å². The number of rotatable bonds is 6. The summed E-state index contributed by atoms with van der Waals surface area (Å²) < 4.78 is 6.23. The molecule has 2 nitrogen and oxygen atoms in total. The van der Waals surface area contributed by atoms with Crippen molar-refractivity contribution in [2.45, 2.75) is 51.3 Å². The van der Waals surface area contributed by atoms with Gasteiger partial charge in [0.1, 0.15) is 12.4 Å². The average molecular weight is 345 g/mol. The van der Waals surface area contributed by atoms with E-state index < -0.39 is 0 Å². The van der Waals surface area contributed by atoms with Crippen molar-refractivity contribution < 1.29 is 4.74 Å². The first-order valence-electron chi connectivity index (χ1n) is 9.81. The van der Waals surface area contributed by atoms with Gasteiger partial charge in [0.2, 0.25) is 0 Å². The Kier molecular flexibility index (Phi) is 5.51. The Hall–Kier alpha value is -2.32. The van der Waals surface area contributed by atoms with E-state index in [1.165, 1.54) is 54.0 Å². The molecule has 1 N–H and O–H groups in total. The molecule has 1 aliphatic rings. The van der Waals surface area contributed by atoms with E-state index in [-0.39, 0.29) is 0 Å². The van der Waals surface area contributed by atoms with Crippen molar-refractivity contribution in [3.8, 4) is 5.75 Å². The smallest absolute Gasteiger partial charge is 0.124 e. The van der Waals surface area contributed by atoms with E-state index in [9.17, 15) is 0 Å². The quantitative estimate of drug-likeness (QED) is 0.606. The summed E-state index contributed by atoms with van der Waals surface area (Å²) in [5.74, 6) is 0.996. The molecule has 0 unspecified atom stereocenters. The summed E-state index contributed by atoms with van der Waals surface area (Å²) in [5.41, 5.74) is 2.48. The van der Waals surface area contributed by atoms with Gasteiger partial charge in [0.05, 0.1) is 0 Å². The van der Waals surface area contributed by atoms with Gasteiger partial charge in [0.15, 0.2) is 0 Å². The van der Waals surface area contributed by atoms with Crippen molar-refractivity contribution in [2.24, 2.45) is 0 Å². The molecule has 0 spiro atoms. The van der Waals surface area contributed by atoms with Crippen LogP contribution in [0.3, 0.4) is 0 Å². The average Bonchev–Trinajstić information content (AvgIpc) is 2.72. The normalized spacial score (nSPS) is 15.2. The minimum absolute atomic E-state index is 0.607. The van der Waals surface area contributed by atoms with E-state index in [0.29, 0.717) is 12.6 Å². The highest BCUT2D eigenvalue weighted by Gasteiger charge is 2.15. The molecule has 0 aliphatic heterocycles. The van der Waals surface area contributed by atoms with Crippen LogP contribution in [-0.4, -0.2) is 6.04 Å². The van der Waals surface area contributed by atoms with Gasteiger partial charge in [0, 0.05) is 18.2 Å². The lowest BCUT2D eigenvalue weighted by Gasteiger charge is -2.24. The fraction of sp³-hybridized carbons (Fsp3) is 0.333. The fourth-order valence-electron chi connectivity index (χ4n) is 3.92. The summed E-state index contributed by atoms with van der Waals surface area (Å²) in [6.45, 7) is 1.48. The highest BCUT2D eigenvalue weighted by Crippen LogP contribution is 2.29. The predicted molar refractivity (Wildman–Crippen MR) is 108 cm³/mol. The standard InChI is InChI=1S/C24H27NO/c1-3-9-19(10-4-1)18-26-24-16-15-20-11-7-8-14-22(20)23(24)17-25-21-12-5-2-6-13-21/h1,3-4,7-11,14-16,21,25H,2,5-6,12-13,17-18H2. The van der Waals surface area contributed by atoms with Crippen LogP contribution in [-0.2, 0) is 13.2 Å². The Bertz CT molecular complexity index is 837. The number of nitrogens with one attached hydrogen (secondary N) is 1. The van der Waals surface area contributed by atoms with Crippen LogP contribution < -0.4 is 10.1 Å². The molecular formula is C24H27NO. The Labute approximate surface area is 156 Å². The highest BCUT2D eigenvalue weighted by molar-refractivity contribution is 5.87. The van der Waals surface area contributed by atoms with Crippen molar-refractivity contribution in [1.82, 2.24) is 5.32 Å². The Morgan fingerprint density at radius 1 is 0.808 bits per heavy atom. The Balaban J connectivity index is 1.56. The maximum absolute atomic E-state index is 6.23. The van der Waals surface area contributed by atoms with Gasteiger partial charge in [-0.05, 0) is 35.2 Å². The maximum atomic E-state index is 6.23. The van der Waals surface area contributed by atoms with Crippen LogP contribution in [0, 0.1) is 0 Å². The molecule has 0 saturated heterocycles. The lowest BCUT2D eigenvalue weighted by Crippen LogP contribution is -2.30. The van der Waals surface area contributed by atoms with Crippen molar-refractivity contribution >= 4 is 10.8 Å². The number of hydrogen-bond donors (Lipinski definition) is 1. The van der Waals surface area contributed by atoms with Gasteiger partial charge in [-0.15, -0.1) is 0 Å². The molecule has 0 atom stereocenters. The Morgan fingerprint density at radius 2 is 1.58 bits per heavy atom. The van der Waals surface area contributed by atoms with Gasteiger partial charge in [-0.25, -0.2) is 0 Å². The van der Waals surface area contributed by atoms with Crippen LogP contribution in [0.1, 0.15) is 43.2 Å². The predicted octanol–water partition coefficient (Wildman–Crippen LogP) is 5.84. The second kappa shape index (κ2) is 8.37. The monoisotopic (exact) mass is 345 g/mol. The summed E-state index contributed by atoms with van der Waals surface area (Å²) in [4.78, 5) is 0. The molecule has 4 rings (SSSR count). The van der Waals surface area contributed by atoms with Crippen LogP contribution >= 0.6 is 0 Å². The third kappa shape index (κ3) is 4.08. The SMILES string of the molecule is c1ccc(COc2ccc3ccccc3c2CNC2CCCCC2)cc1. The number of hydrogen-bond acceptors (Lipinski definition) is 2. The molecule has 1 saturated carbocycles. The molecule has 1 fully saturated rings. The zero-order valence-electron chi connectivity index (χ0n) is 15.3. The molecule has 0 amide bonds. The van der Waals surface area contributed by atoms with E-state index in [1.54, 1.807) is 0 Å². The van der Waals surface area contributed by atoms with E-state index in [2.05, 4.69) is 66.0 Å². The zero-order chi connectivity index (χ0) is 17.6. The van der Waals surface area contributed by atoms with Gasteiger partial charge in [-0.3, -0.25) is 0 Å². The molecule has 3 aromatic rings. The third-order valence-corrected chi connectivity index (χ3v) is 5.41. The topological polar surface area (TPSA) is 21.3 Å². The summed E-state index contributed by atoms with van der Waals surface area (Å²) in [5, 5.41) is 6.36. The highest BCUT2D eigenvalue weighted by atomic mass is 16.5. The molecule has 0 heterocycles. The number of fused-ring (bicyclic) bond motifs is 1. The lowest BCUT2D eigenvalue weighted by atomic mass is 9.95. The summed E-state index contributed by atoms with van der Waals surface area (Å²) in [7, 11) is 0. The van der Waals surface area contributed by atoms with Crippen molar-refractivity contribution in [3.05, 3.63) is 77.9 Å². The summed E-state index contributed by atoms with van der Waals surface area (Å²) in [6.07, 6.45) is 6.68. The number of benzene rings is 3. The van der Waals surface area contributed by atoms with Gasteiger partial charge in [-0.1, -0.05) is 79.9 Å². The summed E-state index contributed by atoms with van der Waals surface area (Å²) >= 11 is 0. The van der Waals surface area contributed by atoms with E-state index in [4.69, 9.17) is 4.74 Å². The van der Waals surface area contributed by atoms with Crippen LogP contribution in [0.2, 0.25) is 0 Å². The zero-order valence-corrected chi connectivity index (χ0v) is 15.3. The van der Waals surface area contributed by atoms with Crippen LogP contribution in [0.15, 0.2) is 66.7 Å². The molecule has 3 aromatic carbocycles. The van der Waals surface area contributed by atoms with Crippen molar-refractivity contribution in [1.29, 1.82) is 0 Å². The first kappa shape index (κ1) is 17.1. The first-order chi connectivity index (χ1) is 12.9. The second-order valence-corrected chi connectivity index (χ2v) is 7.25. The Morgan fingerprint density at radius 3 is 2.42 bits per heavy atom. The second-order valence-electron chi connectivity index (χ2n) is 7.25. The largest absolute Gasteiger partial charge is 0.489 e. The lowest BCUT2D eigenvalue weighted by molar-refractivity contribution is 0.300. The van der Waals surface area contributed by atoms with Gasteiger partial charge >= 0.3 is 0 Å². The summed E-state index contributed by atoms with van der Waals surface area (Å²) in [6, 6.07) is 23.9. The van der Waals surface area contributed by atoms with Crippen LogP contribution in [0.25, 0.3) is 10.8 Å². The molecule has 0 radical (unpaired) electrons. The van der Waals surface area contributed by atoms with E-state index >= 15 is 0 Å². The number of ether oxygens (including phenoxy) is 1. The minimum atomic E-state index is 0.607. The van der Waals surface area contributed by atoms with Gasteiger partial charge in [-0.2, -0.15) is 0 Å². The molecule has 1 aliphatic carbocycles. The molecular weight excluding hydrogens is 318 g/mol. The molecule has 26 heavy (non-hydrogen) atoms. The van der Waals surface area contributed by atoms with Gasteiger partial charge in [0.25, 0.3) is 0 Å². The molecule has 134 valence electrons. The minimum Gasteiger partial charge on any atom is -0.489 e. The fourth-order valence-corrected chi connectivity index (χ4v) is 3.92. The van der Waals surface area contributed by atoms with Crippen molar-refractivity contribution in [3.63, 3.8) is 0 Å². The van der Waals surface area contributed by atoms with Crippen LogP contribution in [0.5, 0.6) is 5.75 Å². The molecule has 2 heteroatoms. The van der Waals surface area contributed by atoms with E-state index in [1.807, 2.05) is 6.07 Å². The molecule has 0 aromatic heterocycles. The molecule has 0 bridgehead atoms. The van der Waals surface area contributed by atoms with Crippen molar-refractivity contribution in [2.75, 3.05) is 0 Å². The van der Waals surface area contributed by atoms with Crippen LogP contribution in [0.4, 0.5) is 0 Å².